The number of nitrogens with zero attached hydrogens (tertiary/aromatic N) is 5. The van der Waals surface area contributed by atoms with E-state index in [1.54, 1.807) is 12.5 Å². The monoisotopic (exact) mass is 366 g/mol. The van der Waals surface area contributed by atoms with Crippen LogP contribution in [0.3, 0.4) is 0 Å². The predicted octanol–water partition coefficient (Wildman–Crippen LogP) is 1.48. The number of amides is 1. The fraction of sp³-hybridized carbons (Fsp3) is 0.368. The van der Waals surface area contributed by atoms with E-state index >= 15 is 0 Å². The number of carbonyl (C=O) groups is 1. The Morgan fingerprint density at radius 2 is 2.15 bits per heavy atom. The third kappa shape index (κ3) is 3.90. The molecule has 0 bridgehead atoms. The van der Waals surface area contributed by atoms with Gasteiger partial charge in [0.1, 0.15) is 12.4 Å². The Bertz CT molecular complexity index is 882. The highest BCUT2D eigenvalue weighted by Gasteiger charge is 2.24. The van der Waals surface area contributed by atoms with Crippen LogP contribution in [0.15, 0.2) is 47.4 Å². The normalized spacial score (nSPS) is 19.7. The van der Waals surface area contributed by atoms with E-state index in [1.165, 1.54) is 0 Å². The number of anilines is 1. The number of hydrogen-bond donors (Lipinski definition) is 1. The van der Waals surface area contributed by atoms with Gasteiger partial charge in [0.15, 0.2) is 5.82 Å². The van der Waals surface area contributed by atoms with Gasteiger partial charge in [-0.2, -0.15) is 0 Å². The highest BCUT2D eigenvalue weighted by molar-refractivity contribution is 5.97. The maximum absolute atomic E-state index is 12.7. The van der Waals surface area contributed by atoms with Crippen LogP contribution in [-0.2, 0) is 16.6 Å². The van der Waals surface area contributed by atoms with E-state index in [2.05, 4.69) is 25.4 Å². The first-order valence-electron chi connectivity index (χ1n) is 9.01. The molecular formula is C19H22N6O2. The number of hydrogen-bond acceptors (Lipinski definition) is 6. The summed E-state index contributed by atoms with van der Waals surface area (Å²) < 4.78 is 7.24. The summed E-state index contributed by atoms with van der Waals surface area (Å²) in [6.07, 6.45) is 5.97. The van der Waals surface area contributed by atoms with E-state index in [0.29, 0.717) is 6.42 Å². The van der Waals surface area contributed by atoms with Gasteiger partial charge in [-0.05, 0) is 18.2 Å². The molecule has 1 amide bonds. The smallest absolute Gasteiger partial charge is 0.249 e. The third-order valence-electron chi connectivity index (χ3n) is 4.76. The topological polar surface area (TPSA) is 84.6 Å². The summed E-state index contributed by atoms with van der Waals surface area (Å²) in [6.45, 7) is 3.15. The number of benzene rings is 1. The summed E-state index contributed by atoms with van der Waals surface area (Å²) in [7, 11) is 1.89. The lowest BCUT2D eigenvalue weighted by Gasteiger charge is -2.33. The van der Waals surface area contributed by atoms with Gasteiger partial charge in [-0.15, -0.1) is 10.2 Å². The zero-order valence-electron chi connectivity index (χ0n) is 15.2. The lowest BCUT2D eigenvalue weighted by molar-refractivity contribution is -0.117. The Balaban J connectivity index is 1.43. The van der Waals surface area contributed by atoms with Crippen LogP contribution >= 0.6 is 0 Å². The van der Waals surface area contributed by atoms with E-state index < -0.39 is 6.04 Å². The Morgan fingerprint density at radius 3 is 2.93 bits per heavy atom. The Hall–Kier alpha value is -3.00. The Kier molecular flexibility index (Phi) is 4.97. The van der Waals surface area contributed by atoms with Crippen molar-refractivity contribution in [1.82, 2.24) is 19.7 Å². The molecule has 1 saturated heterocycles. The molecule has 1 unspecified atom stereocenters. The highest BCUT2D eigenvalue weighted by atomic mass is 16.5. The molecule has 2 aliphatic rings. The van der Waals surface area contributed by atoms with Crippen LogP contribution < -0.4 is 5.32 Å². The largest absolute Gasteiger partial charge is 0.378 e. The number of rotatable bonds is 4. The molecule has 1 fully saturated rings. The van der Waals surface area contributed by atoms with Gasteiger partial charge in [-0.3, -0.25) is 9.79 Å². The van der Waals surface area contributed by atoms with Gasteiger partial charge in [0.2, 0.25) is 5.91 Å². The maximum atomic E-state index is 12.7. The van der Waals surface area contributed by atoms with E-state index in [4.69, 9.17) is 4.74 Å². The molecule has 8 nitrogen and oxygen atoms in total. The zero-order chi connectivity index (χ0) is 18.6. The van der Waals surface area contributed by atoms with Crippen molar-refractivity contribution in [3.8, 4) is 11.4 Å². The maximum Gasteiger partial charge on any atom is 0.249 e. The van der Waals surface area contributed by atoms with Crippen molar-refractivity contribution in [2.45, 2.75) is 12.5 Å². The van der Waals surface area contributed by atoms with Crippen molar-refractivity contribution in [2.75, 3.05) is 31.6 Å². The second-order valence-corrected chi connectivity index (χ2v) is 6.61. The van der Waals surface area contributed by atoms with E-state index in [0.717, 1.165) is 49.1 Å². The van der Waals surface area contributed by atoms with Gasteiger partial charge >= 0.3 is 0 Å². The molecular weight excluding hydrogens is 344 g/mol. The number of carbonyl (C=O) groups excluding carboxylic acids is 1. The summed E-state index contributed by atoms with van der Waals surface area (Å²) >= 11 is 0. The minimum Gasteiger partial charge on any atom is -0.378 e. The predicted molar refractivity (Wildman–Crippen MR) is 102 cm³/mol. The van der Waals surface area contributed by atoms with Gasteiger partial charge in [0, 0.05) is 49.7 Å². The van der Waals surface area contributed by atoms with Crippen molar-refractivity contribution in [1.29, 1.82) is 0 Å². The van der Waals surface area contributed by atoms with Gasteiger partial charge in [0.05, 0.1) is 13.2 Å². The summed E-state index contributed by atoms with van der Waals surface area (Å²) in [5.74, 6) is 0.638. The lowest BCUT2D eigenvalue weighted by Crippen LogP contribution is -2.39. The molecule has 0 radical (unpaired) electrons. The minimum absolute atomic E-state index is 0.111. The Labute approximate surface area is 157 Å². The second kappa shape index (κ2) is 7.71. The molecule has 2 aromatic rings. The number of aryl methyl sites for hydroxylation is 1. The number of dihydropyridines is 1. The zero-order valence-corrected chi connectivity index (χ0v) is 15.2. The molecule has 0 aliphatic carbocycles. The van der Waals surface area contributed by atoms with Crippen LogP contribution in [0.2, 0.25) is 0 Å². The first-order valence-corrected chi connectivity index (χ1v) is 9.01. The van der Waals surface area contributed by atoms with Crippen molar-refractivity contribution >= 4 is 17.8 Å². The number of nitrogens with one attached hydrogen (secondary N) is 1. The molecule has 1 aromatic heterocycles. The van der Waals surface area contributed by atoms with Crippen molar-refractivity contribution in [2.24, 2.45) is 12.0 Å². The average molecular weight is 366 g/mol. The summed E-state index contributed by atoms with van der Waals surface area (Å²) in [5, 5.41) is 11.0. The third-order valence-corrected chi connectivity index (χ3v) is 4.76. The fourth-order valence-corrected chi connectivity index (χ4v) is 3.30. The number of aliphatic imine (C=N–C) groups is 1. The van der Waals surface area contributed by atoms with Gasteiger partial charge in [-0.1, -0.05) is 12.1 Å². The standard InChI is InChI=1S/C19H22N6O2/c1-24-13-21-23-18(24)14-3-2-4-15(11-14)22-19(26)17-12-16(5-6-20-17)25-7-9-27-10-8-25/h2-6,11,13,17H,7-10,12H2,1H3,(H,22,26). The van der Waals surface area contributed by atoms with E-state index in [1.807, 2.05) is 42.0 Å². The van der Waals surface area contributed by atoms with Crippen molar-refractivity contribution in [3.05, 3.63) is 42.4 Å². The molecule has 1 aromatic carbocycles. The van der Waals surface area contributed by atoms with Crippen LogP contribution in [0, 0.1) is 0 Å². The number of aromatic nitrogens is 3. The molecule has 0 saturated carbocycles. The van der Waals surface area contributed by atoms with Crippen LogP contribution in [-0.4, -0.2) is 64.1 Å². The lowest BCUT2D eigenvalue weighted by atomic mass is 10.1. The molecule has 4 rings (SSSR count). The van der Waals surface area contributed by atoms with E-state index in [-0.39, 0.29) is 5.91 Å². The summed E-state index contributed by atoms with van der Waals surface area (Å²) in [5.41, 5.74) is 2.76. The summed E-state index contributed by atoms with van der Waals surface area (Å²) in [6, 6.07) is 7.17. The second-order valence-electron chi connectivity index (χ2n) is 6.61. The van der Waals surface area contributed by atoms with Crippen LogP contribution in [0.4, 0.5) is 5.69 Å². The highest BCUT2D eigenvalue weighted by Crippen LogP contribution is 2.22. The number of allylic oxidation sites excluding steroid dienone is 1. The first kappa shape index (κ1) is 17.4. The van der Waals surface area contributed by atoms with Crippen LogP contribution in [0.1, 0.15) is 6.42 Å². The fourth-order valence-electron chi connectivity index (χ4n) is 3.30. The number of morpholine rings is 1. The molecule has 27 heavy (non-hydrogen) atoms. The number of ether oxygens (including phenoxy) is 1. The first-order chi connectivity index (χ1) is 13.2. The molecule has 3 heterocycles. The summed E-state index contributed by atoms with van der Waals surface area (Å²) in [4.78, 5) is 19.4. The SMILES string of the molecule is Cn1cnnc1-c1cccc(NC(=O)C2CC(N3CCOCC3)=CC=N2)c1. The minimum atomic E-state index is -0.425. The van der Waals surface area contributed by atoms with Crippen molar-refractivity contribution in [3.63, 3.8) is 0 Å². The van der Waals surface area contributed by atoms with Gasteiger partial charge in [-0.25, -0.2) is 0 Å². The van der Waals surface area contributed by atoms with Crippen LogP contribution in [0.25, 0.3) is 11.4 Å². The molecule has 8 heteroatoms. The Morgan fingerprint density at radius 1 is 1.30 bits per heavy atom. The molecule has 140 valence electrons. The average Bonchev–Trinajstić information content (AvgIpc) is 3.15. The molecule has 1 atom stereocenters. The van der Waals surface area contributed by atoms with E-state index in [9.17, 15) is 4.79 Å². The van der Waals surface area contributed by atoms with Gasteiger partial charge in [0.25, 0.3) is 0 Å². The van der Waals surface area contributed by atoms with Crippen molar-refractivity contribution < 1.29 is 9.53 Å². The van der Waals surface area contributed by atoms with Gasteiger partial charge < -0.3 is 19.5 Å². The molecule has 2 aliphatic heterocycles. The molecule has 0 spiro atoms. The van der Waals surface area contributed by atoms with Crippen LogP contribution in [0.5, 0.6) is 0 Å². The molecule has 1 N–H and O–H groups in total. The quantitative estimate of drug-likeness (QED) is 0.886.